The molecular formula is C23H17Cl2F3O7S. The second kappa shape index (κ2) is 12.1. The first-order chi connectivity index (χ1) is 16.8. The molecule has 0 aliphatic rings. The molecule has 0 radical (unpaired) electrons. The van der Waals surface area contributed by atoms with Crippen molar-refractivity contribution in [3.05, 3.63) is 87.9 Å². The Kier molecular flexibility index (Phi) is 9.74. The first kappa shape index (κ1) is 29.0. The quantitative estimate of drug-likeness (QED) is 0.208. The molecule has 0 heterocycles. The van der Waals surface area contributed by atoms with Gasteiger partial charge < -0.3 is 13.7 Å². The summed E-state index contributed by atoms with van der Waals surface area (Å²) in [6.45, 7) is 0. The van der Waals surface area contributed by atoms with E-state index in [-0.39, 0.29) is 11.5 Å². The average molecular weight is 565 g/mol. The molecule has 0 aromatic heterocycles. The molecule has 3 aromatic rings. The van der Waals surface area contributed by atoms with Crippen LogP contribution in [0.4, 0.5) is 13.2 Å². The zero-order valence-electron chi connectivity index (χ0n) is 18.5. The van der Waals surface area contributed by atoms with E-state index in [0.717, 1.165) is 36.4 Å². The highest BCUT2D eigenvalue weighted by Gasteiger charge is 2.48. The summed E-state index contributed by atoms with van der Waals surface area (Å²) in [5.41, 5.74) is -3.26. The third-order valence-electron chi connectivity index (χ3n) is 4.31. The minimum Gasteiger partial charge on any atom is -0.465 e. The van der Waals surface area contributed by atoms with Gasteiger partial charge in [-0.3, -0.25) is 0 Å². The Morgan fingerprint density at radius 3 is 1.72 bits per heavy atom. The van der Waals surface area contributed by atoms with Crippen LogP contribution in [0.15, 0.2) is 66.7 Å². The molecule has 0 bridgehead atoms. The number of carbonyl (C=O) groups excluding carboxylic acids is 2. The number of esters is 2. The SMILES string of the molecule is COC(=O)c1ccc(-c2ccccc2)c(Cl)c1.COC(=O)c1ccc(OS(=O)(=O)C(F)(F)F)c(Cl)c1. The number of carbonyl (C=O) groups is 2. The molecule has 0 fully saturated rings. The lowest BCUT2D eigenvalue weighted by Gasteiger charge is -2.10. The van der Waals surface area contributed by atoms with Gasteiger partial charge in [0.1, 0.15) is 0 Å². The standard InChI is InChI=1S/C14H11ClO2.C9H6ClF3O5S/c1-17-14(16)11-7-8-12(13(15)9-11)10-5-3-2-4-6-10;1-17-8(14)5-2-3-7(6(10)4-5)18-19(15,16)9(11,12)13/h2-9H,1H3;2-4H,1H3. The Labute approximate surface area is 214 Å². The lowest BCUT2D eigenvalue weighted by molar-refractivity contribution is -0.0500. The maximum absolute atomic E-state index is 12.1. The van der Waals surface area contributed by atoms with Gasteiger partial charge in [0.2, 0.25) is 0 Å². The number of rotatable bonds is 5. The smallest absolute Gasteiger partial charge is 0.465 e. The van der Waals surface area contributed by atoms with E-state index in [1.54, 1.807) is 12.1 Å². The van der Waals surface area contributed by atoms with E-state index < -0.39 is 32.4 Å². The molecule has 0 unspecified atom stereocenters. The highest BCUT2D eigenvalue weighted by Crippen LogP contribution is 2.32. The summed E-state index contributed by atoms with van der Waals surface area (Å²) in [5.74, 6) is -1.91. The van der Waals surface area contributed by atoms with Crippen LogP contribution in [0.25, 0.3) is 11.1 Å². The van der Waals surface area contributed by atoms with Gasteiger partial charge in [-0.15, -0.1) is 0 Å². The molecule has 3 aromatic carbocycles. The van der Waals surface area contributed by atoms with E-state index in [4.69, 9.17) is 23.2 Å². The molecule has 13 heteroatoms. The maximum Gasteiger partial charge on any atom is 0.534 e. The van der Waals surface area contributed by atoms with Gasteiger partial charge in [-0.1, -0.05) is 59.6 Å². The van der Waals surface area contributed by atoms with Gasteiger partial charge in [-0.05, 0) is 35.9 Å². The molecule has 0 N–H and O–H groups in total. The fourth-order valence-corrected chi connectivity index (χ4v) is 3.62. The van der Waals surface area contributed by atoms with Crippen molar-refractivity contribution >= 4 is 45.3 Å². The first-order valence-corrected chi connectivity index (χ1v) is 11.8. The molecule has 3 rings (SSSR count). The van der Waals surface area contributed by atoms with Crippen LogP contribution >= 0.6 is 23.2 Å². The Morgan fingerprint density at radius 2 is 1.28 bits per heavy atom. The number of ether oxygens (including phenoxy) is 2. The minimum atomic E-state index is -5.81. The maximum atomic E-state index is 12.1. The zero-order valence-corrected chi connectivity index (χ0v) is 20.8. The van der Waals surface area contributed by atoms with Gasteiger partial charge in [0, 0.05) is 10.6 Å². The molecule has 0 atom stereocenters. The van der Waals surface area contributed by atoms with Crippen LogP contribution in [0.3, 0.4) is 0 Å². The number of hydrogen-bond acceptors (Lipinski definition) is 7. The predicted octanol–water partition coefficient (Wildman–Crippen LogP) is 6.15. The number of methoxy groups -OCH3 is 2. The molecule has 0 amide bonds. The molecule has 0 saturated carbocycles. The third kappa shape index (κ3) is 7.36. The Morgan fingerprint density at radius 1 is 0.778 bits per heavy atom. The summed E-state index contributed by atoms with van der Waals surface area (Å²) in [6.07, 6.45) is 0. The van der Waals surface area contributed by atoms with Gasteiger partial charge in [0.25, 0.3) is 0 Å². The molecule has 0 spiro atoms. The first-order valence-electron chi connectivity index (χ1n) is 9.62. The highest BCUT2D eigenvalue weighted by atomic mass is 35.5. The Bertz CT molecular complexity index is 1350. The second-order valence-electron chi connectivity index (χ2n) is 6.67. The Balaban J connectivity index is 0.000000255. The van der Waals surface area contributed by atoms with E-state index in [9.17, 15) is 31.2 Å². The van der Waals surface area contributed by atoms with Gasteiger partial charge in [0.05, 0.1) is 30.4 Å². The van der Waals surface area contributed by atoms with Crippen LogP contribution in [0, 0.1) is 0 Å². The van der Waals surface area contributed by atoms with E-state index in [0.29, 0.717) is 10.6 Å². The summed E-state index contributed by atoms with van der Waals surface area (Å²) in [6, 6.07) is 17.7. The fraction of sp³-hybridized carbons (Fsp3) is 0.130. The van der Waals surface area contributed by atoms with Gasteiger partial charge in [-0.25, -0.2) is 9.59 Å². The number of halogens is 5. The van der Waals surface area contributed by atoms with Crippen LogP contribution in [-0.4, -0.2) is 40.1 Å². The van der Waals surface area contributed by atoms with Crippen LogP contribution in [0.2, 0.25) is 10.0 Å². The minimum absolute atomic E-state index is 0.0655. The lowest BCUT2D eigenvalue weighted by Crippen LogP contribution is -2.28. The van der Waals surface area contributed by atoms with Crippen LogP contribution in [-0.2, 0) is 19.6 Å². The van der Waals surface area contributed by atoms with Crippen LogP contribution < -0.4 is 4.18 Å². The third-order valence-corrected chi connectivity index (χ3v) is 5.88. The summed E-state index contributed by atoms with van der Waals surface area (Å²) in [4.78, 5) is 22.4. The highest BCUT2D eigenvalue weighted by molar-refractivity contribution is 7.88. The van der Waals surface area contributed by atoms with Gasteiger partial charge in [0.15, 0.2) is 5.75 Å². The normalized spacial score (nSPS) is 11.1. The van der Waals surface area contributed by atoms with Gasteiger partial charge >= 0.3 is 27.6 Å². The summed E-state index contributed by atoms with van der Waals surface area (Å²) < 4.78 is 70.6. The van der Waals surface area contributed by atoms with E-state index in [2.05, 4.69) is 13.7 Å². The molecule has 0 aliphatic heterocycles. The van der Waals surface area contributed by atoms with Crippen molar-refractivity contribution in [3.63, 3.8) is 0 Å². The second-order valence-corrected chi connectivity index (χ2v) is 9.02. The van der Waals surface area contributed by atoms with Crippen LogP contribution in [0.1, 0.15) is 20.7 Å². The monoisotopic (exact) mass is 564 g/mol. The molecule has 36 heavy (non-hydrogen) atoms. The molecule has 192 valence electrons. The topological polar surface area (TPSA) is 96.0 Å². The summed E-state index contributed by atoms with van der Waals surface area (Å²) in [7, 11) is -3.37. The number of hydrogen-bond donors (Lipinski definition) is 0. The predicted molar refractivity (Wildman–Crippen MR) is 127 cm³/mol. The number of benzene rings is 3. The van der Waals surface area contributed by atoms with Crippen molar-refractivity contribution in [2.45, 2.75) is 5.51 Å². The van der Waals surface area contributed by atoms with Crippen molar-refractivity contribution in [2.24, 2.45) is 0 Å². The summed E-state index contributed by atoms with van der Waals surface area (Å²) >= 11 is 11.7. The van der Waals surface area contributed by atoms with E-state index in [1.807, 2.05) is 36.4 Å². The average Bonchev–Trinajstić information content (AvgIpc) is 2.84. The zero-order chi connectivity index (χ0) is 27.1. The van der Waals surface area contributed by atoms with Crippen molar-refractivity contribution < 1.29 is 44.8 Å². The molecule has 7 nitrogen and oxygen atoms in total. The van der Waals surface area contributed by atoms with Gasteiger partial charge in [-0.2, -0.15) is 21.6 Å². The van der Waals surface area contributed by atoms with E-state index >= 15 is 0 Å². The lowest BCUT2D eigenvalue weighted by atomic mass is 10.0. The van der Waals surface area contributed by atoms with Crippen molar-refractivity contribution in [3.8, 4) is 16.9 Å². The Hall–Kier alpha value is -3.28. The molecular weight excluding hydrogens is 548 g/mol. The summed E-state index contributed by atoms with van der Waals surface area (Å²) in [5, 5.41) is 0.0647. The van der Waals surface area contributed by atoms with Crippen LogP contribution in [0.5, 0.6) is 5.75 Å². The van der Waals surface area contributed by atoms with Crippen molar-refractivity contribution in [1.29, 1.82) is 0 Å². The van der Waals surface area contributed by atoms with Crippen molar-refractivity contribution in [2.75, 3.05) is 14.2 Å². The fourth-order valence-electron chi connectivity index (χ4n) is 2.59. The number of alkyl halides is 3. The van der Waals surface area contributed by atoms with E-state index in [1.165, 1.54) is 7.11 Å². The largest absolute Gasteiger partial charge is 0.534 e. The van der Waals surface area contributed by atoms with Crippen molar-refractivity contribution in [1.82, 2.24) is 0 Å². The molecule has 0 aliphatic carbocycles. The molecule has 0 saturated heterocycles.